The Kier molecular flexibility index (Phi) is 4.56. The average Bonchev–Trinajstić information content (AvgIpc) is 3.24. The van der Waals surface area contributed by atoms with Crippen molar-refractivity contribution in [3.8, 4) is 28.6 Å². The highest BCUT2D eigenvalue weighted by Gasteiger charge is 2.13. The van der Waals surface area contributed by atoms with E-state index in [0.29, 0.717) is 5.56 Å². The molecule has 0 aliphatic heterocycles. The molecule has 0 unspecified atom stereocenters. The van der Waals surface area contributed by atoms with E-state index in [1.54, 1.807) is 12.4 Å². The van der Waals surface area contributed by atoms with Crippen LogP contribution < -0.4 is 4.90 Å². The molecule has 0 saturated carbocycles. The minimum atomic E-state index is 0.659. The van der Waals surface area contributed by atoms with Crippen LogP contribution in [0, 0.1) is 18.3 Å². The van der Waals surface area contributed by atoms with Gasteiger partial charge in [0, 0.05) is 25.5 Å². The molecule has 0 amide bonds. The lowest BCUT2D eigenvalue weighted by molar-refractivity contribution is 1.02. The Bertz CT molecular complexity index is 1160. The van der Waals surface area contributed by atoms with Crippen molar-refractivity contribution in [1.82, 2.24) is 20.2 Å². The molecule has 28 heavy (non-hydrogen) atoms. The number of nitriles is 1. The second-order valence-corrected chi connectivity index (χ2v) is 6.46. The maximum absolute atomic E-state index is 9.07. The van der Waals surface area contributed by atoms with Gasteiger partial charge in [0.25, 0.3) is 0 Å². The van der Waals surface area contributed by atoms with E-state index in [1.807, 2.05) is 73.5 Å². The third-order valence-electron chi connectivity index (χ3n) is 4.60. The zero-order chi connectivity index (χ0) is 19.5. The summed E-state index contributed by atoms with van der Waals surface area (Å²) >= 11 is 0. The second-order valence-electron chi connectivity index (χ2n) is 6.46. The summed E-state index contributed by atoms with van der Waals surface area (Å²) in [5, 5.41) is 16.5. The summed E-state index contributed by atoms with van der Waals surface area (Å²) in [4.78, 5) is 10.8. The molecular weight excluding hydrogens is 348 g/mol. The van der Waals surface area contributed by atoms with E-state index in [4.69, 9.17) is 5.26 Å². The molecule has 3 aromatic heterocycles. The van der Waals surface area contributed by atoms with Gasteiger partial charge < -0.3 is 4.90 Å². The molecule has 3 heterocycles. The first-order valence-corrected chi connectivity index (χ1v) is 8.83. The Morgan fingerprint density at radius 2 is 1.86 bits per heavy atom. The number of aromatic amines is 1. The quantitative estimate of drug-likeness (QED) is 0.576. The molecule has 0 radical (unpaired) electrons. The molecule has 136 valence electrons. The molecule has 0 aliphatic carbocycles. The van der Waals surface area contributed by atoms with Crippen LogP contribution in [0.15, 0.2) is 67.0 Å². The molecule has 1 aromatic carbocycles. The summed E-state index contributed by atoms with van der Waals surface area (Å²) in [5.74, 6) is 1.53. The first kappa shape index (κ1) is 17.4. The first-order valence-electron chi connectivity index (χ1n) is 8.83. The van der Waals surface area contributed by atoms with Crippen molar-refractivity contribution in [2.45, 2.75) is 6.92 Å². The van der Waals surface area contributed by atoms with Gasteiger partial charge in [-0.2, -0.15) is 10.4 Å². The van der Waals surface area contributed by atoms with E-state index in [9.17, 15) is 0 Å². The number of aromatic nitrogens is 4. The molecular formula is C22H18N6. The number of aryl methyl sites for hydroxylation is 1. The van der Waals surface area contributed by atoms with E-state index in [1.165, 1.54) is 0 Å². The summed E-state index contributed by atoms with van der Waals surface area (Å²) < 4.78 is 0. The van der Waals surface area contributed by atoms with Gasteiger partial charge in [-0.05, 0) is 60.0 Å². The van der Waals surface area contributed by atoms with Crippen LogP contribution in [0.25, 0.3) is 22.5 Å². The van der Waals surface area contributed by atoms with Gasteiger partial charge in [-0.3, -0.25) is 10.1 Å². The number of anilines is 2. The van der Waals surface area contributed by atoms with E-state index in [-0.39, 0.29) is 0 Å². The van der Waals surface area contributed by atoms with Gasteiger partial charge >= 0.3 is 0 Å². The fourth-order valence-electron chi connectivity index (χ4n) is 3.08. The fraction of sp³-hybridized carbons (Fsp3) is 0.0909. The van der Waals surface area contributed by atoms with Crippen molar-refractivity contribution in [3.05, 3.63) is 78.1 Å². The summed E-state index contributed by atoms with van der Waals surface area (Å²) in [6.45, 7) is 2.01. The highest BCUT2D eigenvalue weighted by atomic mass is 15.3. The summed E-state index contributed by atoms with van der Waals surface area (Å²) in [5.41, 5.74) is 5.51. The first-order chi connectivity index (χ1) is 13.7. The third-order valence-corrected chi connectivity index (χ3v) is 4.60. The van der Waals surface area contributed by atoms with Gasteiger partial charge in [0.2, 0.25) is 0 Å². The summed E-state index contributed by atoms with van der Waals surface area (Å²) in [6, 6.07) is 19.6. The molecule has 0 fully saturated rings. The van der Waals surface area contributed by atoms with Crippen molar-refractivity contribution in [3.63, 3.8) is 0 Å². The zero-order valence-corrected chi connectivity index (χ0v) is 15.6. The Hall–Kier alpha value is -3.98. The van der Waals surface area contributed by atoms with Crippen LogP contribution in [0.3, 0.4) is 0 Å². The highest BCUT2D eigenvalue weighted by molar-refractivity contribution is 5.72. The van der Waals surface area contributed by atoms with Gasteiger partial charge in [-0.15, -0.1) is 0 Å². The molecule has 4 aromatic rings. The largest absolute Gasteiger partial charge is 0.313 e. The monoisotopic (exact) mass is 366 g/mol. The number of nitrogens with one attached hydrogen (secondary N) is 1. The maximum Gasteiger partial charge on any atom is 0.156 e. The topological polar surface area (TPSA) is 81.5 Å². The smallest absolute Gasteiger partial charge is 0.156 e. The Morgan fingerprint density at radius 3 is 2.61 bits per heavy atom. The Labute approximate surface area is 163 Å². The lowest BCUT2D eigenvalue weighted by Gasteiger charge is -2.16. The number of benzene rings is 1. The molecule has 0 spiro atoms. The van der Waals surface area contributed by atoms with Crippen molar-refractivity contribution in [1.29, 1.82) is 5.26 Å². The van der Waals surface area contributed by atoms with Crippen LogP contribution in [-0.4, -0.2) is 27.2 Å². The number of H-pyrrole nitrogens is 1. The lowest BCUT2D eigenvalue weighted by atomic mass is 9.99. The molecule has 0 bridgehead atoms. The highest BCUT2D eigenvalue weighted by Crippen LogP contribution is 2.29. The van der Waals surface area contributed by atoms with Crippen molar-refractivity contribution in [2.24, 2.45) is 0 Å². The number of hydrogen-bond donors (Lipinski definition) is 1. The second kappa shape index (κ2) is 7.33. The minimum absolute atomic E-state index is 0.659. The molecule has 1 N–H and O–H groups in total. The van der Waals surface area contributed by atoms with Gasteiger partial charge in [-0.25, -0.2) is 4.98 Å². The van der Waals surface area contributed by atoms with E-state index < -0.39 is 0 Å². The summed E-state index contributed by atoms with van der Waals surface area (Å²) in [6.07, 6.45) is 3.54. The van der Waals surface area contributed by atoms with Gasteiger partial charge in [0.05, 0.1) is 23.0 Å². The van der Waals surface area contributed by atoms with Gasteiger partial charge in [0.15, 0.2) is 5.82 Å². The van der Waals surface area contributed by atoms with Crippen LogP contribution in [0.4, 0.5) is 11.6 Å². The van der Waals surface area contributed by atoms with Crippen molar-refractivity contribution >= 4 is 11.6 Å². The summed E-state index contributed by atoms with van der Waals surface area (Å²) in [7, 11) is 1.93. The molecule has 6 heteroatoms. The van der Waals surface area contributed by atoms with Gasteiger partial charge in [0.1, 0.15) is 5.82 Å². The van der Waals surface area contributed by atoms with Crippen LogP contribution in [0.5, 0.6) is 0 Å². The van der Waals surface area contributed by atoms with Crippen LogP contribution in [0.2, 0.25) is 0 Å². The molecule has 0 aliphatic rings. The number of hydrogen-bond acceptors (Lipinski definition) is 5. The molecule has 0 atom stereocenters. The molecule has 0 saturated heterocycles. The SMILES string of the molecule is Cc1cc(C#N)ccc1-c1ccnc(N(C)c2cc(-c3ccccn3)[nH]n2)c1. The molecule has 4 rings (SSSR count). The zero-order valence-electron chi connectivity index (χ0n) is 15.6. The number of nitrogens with zero attached hydrogens (tertiary/aromatic N) is 5. The van der Waals surface area contributed by atoms with E-state index >= 15 is 0 Å². The lowest BCUT2D eigenvalue weighted by Crippen LogP contribution is -2.11. The minimum Gasteiger partial charge on any atom is -0.313 e. The Morgan fingerprint density at radius 1 is 0.964 bits per heavy atom. The van der Waals surface area contributed by atoms with Crippen LogP contribution >= 0.6 is 0 Å². The normalized spacial score (nSPS) is 10.5. The third kappa shape index (κ3) is 3.33. The predicted molar refractivity (Wildman–Crippen MR) is 109 cm³/mol. The molecule has 6 nitrogen and oxygen atoms in total. The Balaban J connectivity index is 1.65. The van der Waals surface area contributed by atoms with Crippen LogP contribution in [-0.2, 0) is 0 Å². The van der Waals surface area contributed by atoms with Crippen molar-refractivity contribution < 1.29 is 0 Å². The van der Waals surface area contributed by atoms with E-state index in [0.717, 1.165) is 39.7 Å². The number of rotatable bonds is 4. The standard InChI is InChI=1S/C22H18N6/c1-15-11-16(14-23)6-7-18(15)17-8-10-25-21(12-17)28(2)22-13-20(26-27-22)19-5-3-4-9-24-19/h3-13H,1-2H3,(H,26,27). The van der Waals surface area contributed by atoms with Gasteiger partial charge in [-0.1, -0.05) is 12.1 Å². The van der Waals surface area contributed by atoms with Crippen molar-refractivity contribution in [2.75, 3.05) is 11.9 Å². The fourth-order valence-corrected chi connectivity index (χ4v) is 3.08. The van der Waals surface area contributed by atoms with E-state index in [2.05, 4.69) is 26.2 Å². The average molecular weight is 366 g/mol. The van der Waals surface area contributed by atoms with Crippen LogP contribution in [0.1, 0.15) is 11.1 Å². The number of pyridine rings is 2. The maximum atomic E-state index is 9.07. The predicted octanol–water partition coefficient (Wildman–Crippen LogP) is 4.48.